The number of nitrogens with two attached hydrogens (primary N) is 1. The largest absolute Gasteiger partial charge is 0.370 e. The van der Waals surface area contributed by atoms with Crippen molar-refractivity contribution in [2.75, 3.05) is 11.9 Å². The molecule has 5 nitrogen and oxygen atoms in total. The Balaban J connectivity index is 1.72. The first-order valence-electron chi connectivity index (χ1n) is 5.92. The van der Waals surface area contributed by atoms with Crippen LogP contribution in [0.3, 0.4) is 0 Å². The zero-order valence-electron chi connectivity index (χ0n) is 10.2. The number of rotatable bonds is 5. The Labute approximate surface area is 106 Å². The predicted molar refractivity (Wildman–Crippen MR) is 73.4 cm³/mol. The first-order valence-corrected chi connectivity index (χ1v) is 5.92. The van der Waals surface area contributed by atoms with Gasteiger partial charge in [0.05, 0.1) is 6.33 Å². The summed E-state index contributed by atoms with van der Waals surface area (Å²) in [4.78, 5) is 8.25. The molecular formula is C13H17N5. The number of aliphatic imine (C=N–C) groups is 1. The van der Waals surface area contributed by atoms with E-state index in [0.717, 1.165) is 18.7 Å². The lowest BCUT2D eigenvalue weighted by molar-refractivity contribution is 0.650. The first-order chi connectivity index (χ1) is 8.84. The van der Waals surface area contributed by atoms with Gasteiger partial charge in [-0.05, 0) is 18.6 Å². The average molecular weight is 243 g/mol. The second kappa shape index (κ2) is 6.44. The molecular weight excluding hydrogens is 226 g/mol. The van der Waals surface area contributed by atoms with Gasteiger partial charge in [0, 0.05) is 31.2 Å². The number of hydrogen-bond donors (Lipinski definition) is 2. The van der Waals surface area contributed by atoms with E-state index in [0.29, 0.717) is 12.5 Å². The van der Waals surface area contributed by atoms with Crippen molar-refractivity contribution in [3.05, 3.63) is 49.1 Å². The molecule has 5 heteroatoms. The summed E-state index contributed by atoms with van der Waals surface area (Å²) in [7, 11) is 0. The molecule has 0 bridgehead atoms. The predicted octanol–water partition coefficient (Wildman–Crippen LogP) is 1.70. The molecule has 3 N–H and O–H groups in total. The summed E-state index contributed by atoms with van der Waals surface area (Å²) in [6.45, 7) is 1.60. The van der Waals surface area contributed by atoms with E-state index in [1.165, 1.54) is 0 Å². The molecule has 0 aliphatic heterocycles. The Kier molecular flexibility index (Phi) is 4.35. The Bertz CT molecular complexity index is 475. The number of nitrogens with zero attached hydrogens (tertiary/aromatic N) is 3. The molecule has 1 aromatic heterocycles. The summed E-state index contributed by atoms with van der Waals surface area (Å²) >= 11 is 0. The van der Waals surface area contributed by atoms with Crippen LogP contribution in [0.25, 0.3) is 0 Å². The van der Waals surface area contributed by atoms with Crippen molar-refractivity contribution in [2.45, 2.75) is 13.0 Å². The van der Waals surface area contributed by atoms with E-state index in [9.17, 15) is 0 Å². The minimum atomic E-state index is 0.451. The summed E-state index contributed by atoms with van der Waals surface area (Å²) in [5.74, 6) is 0.451. The van der Waals surface area contributed by atoms with Crippen molar-refractivity contribution in [3.8, 4) is 0 Å². The van der Waals surface area contributed by atoms with E-state index in [2.05, 4.69) is 15.3 Å². The molecule has 0 aliphatic rings. The van der Waals surface area contributed by atoms with Crippen molar-refractivity contribution in [3.63, 3.8) is 0 Å². The molecule has 0 saturated heterocycles. The van der Waals surface area contributed by atoms with Gasteiger partial charge >= 0.3 is 0 Å². The lowest BCUT2D eigenvalue weighted by atomic mass is 10.3. The quantitative estimate of drug-likeness (QED) is 0.477. The van der Waals surface area contributed by atoms with Gasteiger partial charge < -0.3 is 15.6 Å². The highest BCUT2D eigenvalue weighted by atomic mass is 15.1. The van der Waals surface area contributed by atoms with Crippen LogP contribution >= 0.6 is 0 Å². The first kappa shape index (κ1) is 12.2. The van der Waals surface area contributed by atoms with Gasteiger partial charge in [-0.3, -0.25) is 4.99 Å². The topological polar surface area (TPSA) is 68.2 Å². The molecule has 0 radical (unpaired) electrons. The highest BCUT2D eigenvalue weighted by Gasteiger charge is 1.93. The summed E-state index contributed by atoms with van der Waals surface area (Å²) < 4.78 is 2.02. The van der Waals surface area contributed by atoms with Gasteiger partial charge in [-0.25, -0.2) is 4.98 Å². The normalized spacial score (nSPS) is 11.4. The molecule has 2 aromatic rings. The summed E-state index contributed by atoms with van der Waals surface area (Å²) in [6.07, 6.45) is 6.45. The van der Waals surface area contributed by atoms with E-state index in [-0.39, 0.29) is 0 Å². The van der Waals surface area contributed by atoms with Crippen LogP contribution in [-0.4, -0.2) is 22.1 Å². The number of aryl methyl sites for hydroxylation is 1. The molecule has 94 valence electrons. The van der Waals surface area contributed by atoms with E-state index in [4.69, 9.17) is 5.73 Å². The Morgan fingerprint density at radius 3 is 2.89 bits per heavy atom. The van der Waals surface area contributed by atoms with Crippen LogP contribution in [0.15, 0.2) is 54.0 Å². The van der Waals surface area contributed by atoms with E-state index in [1.807, 2.05) is 41.1 Å². The van der Waals surface area contributed by atoms with Gasteiger partial charge in [0.2, 0.25) is 0 Å². The number of benzene rings is 1. The molecule has 0 unspecified atom stereocenters. The third-order valence-corrected chi connectivity index (χ3v) is 2.46. The molecule has 0 aliphatic carbocycles. The highest BCUT2D eigenvalue weighted by Crippen LogP contribution is 2.03. The van der Waals surface area contributed by atoms with Crippen LogP contribution in [0.1, 0.15) is 6.42 Å². The van der Waals surface area contributed by atoms with Gasteiger partial charge in [-0.1, -0.05) is 18.2 Å². The number of hydrogen-bond acceptors (Lipinski definition) is 2. The van der Waals surface area contributed by atoms with Crippen LogP contribution in [0.4, 0.5) is 5.69 Å². The molecule has 1 aromatic carbocycles. The second-order valence-corrected chi connectivity index (χ2v) is 3.91. The van der Waals surface area contributed by atoms with Crippen LogP contribution in [-0.2, 0) is 6.54 Å². The number of para-hydroxylation sites is 1. The van der Waals surface area contributed by atoms with Gasteiger partial charge in [0.1, 0.15) is 0 Å². The maximum Gasteiger partial charge on any atom is 0.193 e. The minimum absolute atomic E-state index is 0.451. The lowest BCUT2D eigenvalue weighted by Gasteiger charge is -2.05. The minimum Gasteiger partial charge on any atom is -0.370 e. The zero-order valence-corrected chi connectivity index (χ0v) is 10.2. The second-order valence-electron chi connectivity index (χ2n) is 3.91. The lowest BCUT2D eigenvalue weighted by Crippen LogP contribution is -2.22. The van der Waals surface area contributed by atoms with Crippen molar-refractivity contribution in [2.24, 2.45) is 10.7 Å². The highest BCUT2D eigenvalue weighted by molar-refractivity contribution is 5.92. The van der Waals surface area contributed by atoms with Crippen molar-refractivity contribution in [1.29, 1.82) is 0 Å². The van der Waals surface area contributed by atoms with Crippen molar-refractivity contribution >= 4 is 11.6 Å². The Morgan fingerprint density at radius 1 is 1.33 bits per heavy atom. The van der Waals surface area contributed by atoms with Gasteiger partial charge in [-0.15, -0.1) is 0 Å². The monoisotopic (exact) mass is 243 g/mol. The maximum absolute atomic E-state index is 5.78. The standard InChI is InChI=1S/C13H17N5/c14-13(17-12-5-2-1-3-6-12)16-7-4-9-18-10-8-15-11-18/h1-3,5-6,8,10-11H,4,7,9H2,(H3,14,16,17). The molecule has 0 fully saturated rings. The number of aromatic nitrogens is 2. The SMILES string of the molecule is NC(=NCCCn1ccnc1)Nc1ccccc1. The number of anilines is 1. The third kappa shape index (κ3) is 3.93. The molecule has 0 saturated carbocycles. The zero-order chi connectivity index (χ0) is 12.6. The third-order valence-electron chi connectivity index (χ3n) is 2.46. The van der Waals surface area contributed by atoms with Crippen LogP contribution in [0.5, 0.6) is 0 Å². The van der Waals surface area contributed by atoms with Gasteiger partial charge in [0.15, 0.2) is 5.96 Å². The van der Waals surface area contributed by atoms with Crippen LogP contribution < -0.4 is 11.1 Å². The summed E-state index contributed by atoms with van der Waals surface area (Å²) in [6, 6.07) is 9.77. The molecule has 0 atom stereocenters. The summed E-state index contributed by atoms with van der Waals surface area (Å²) in [5.41, 5.74) is 6.74. The van der Waals surface area contributed by atoms with Gasteiger partial charge in [0.25, 0.3) is 0 Å². The van der Waals surface area contributed by atoms with Crippen LogP contribution in [0.2, 0.25) is 0 Å². The van der Waals surface area contributed by atoms with Crippen LogP contribution in [0, 0.1) is 0 Å². The molecule has 0 amide bonds. The van der Waals surface area contributed by atoms with E-state index in [1.54, 1.807) is 12.5 Å². The molecule has 1 heterocycles. The molecule has 18 heavy (non-hydrogen) atoms. The Hall–Kier alpha value is -2.30. The van der Waals surface area contributed by atoms with Crippen molar-refractivity contribution in [1.82, 2.24) is 9.55 Å². The fourth-order valence-electron chi connectivity index (χ4n) is 1.58. The van der Waals surface area contributed by atoms with E-state index >= 15 is 0 Å². The smallest absolute Gasteiger partial charge is 0.193 e. The van der Waals surface area contributed by atoms with E-state index < -0.39 is 0 Å². The Morgan fingerprint density at radius 2 is 2.17 bits per heavy atom. The maximum atomic E-state index is 5.78. The number of guanidine groups is 1. The molecule has 2 rings (SSSR count). The fraction of sp³-hybridized carbons (Fsp3) is 0.231. The summed E-state index contributed by atoms with van der Waals surface area (Å²) in [5, 5.41) is 3.04. The number of imidazole rings is 1. The number of nitrogens with one attached hydrogen (secondary N) is 1. The van der Waals surface area contributed by atoms with Crippen molar-refractivity contribution < 1.29 is 0 Å². The average Bonchev–Trinajstić information content (AvgIpc) is 2.89. The van der Waals surface area contributed by atoms with Gasteiger partial charge in [-0.2, -0.15) is 0 Å². The molecule has 0 spiro atoms. The fourth-order valence-corrected chi connectivity index (χ4v) is 1.58.